The lowest BCUT2D eigenvalue weighted by atomic mass is 10.0. The van der Waals surface area contributed by atoms with Crippen LogP contribution in [0.15, 0.2) is 72.1 Å². The molecule has 0 amide bonds. The number of benzene rings is 2. The molecule has 3 nitrogen and oxygen atoms in total. The van der Waals surface area contributed by atoms with Gasteiger partial charge in [-0.1, -0.05) is 54.1 Å². The van der Waals surface area contributed by atoms with Gasteiger partial charge in [0, 0.05) is 11.9 Å². The second-order valence-electron chi connectivity index (χ2n) is 5.77. The number of thioether (sulfide) groups is 1. The zero-order valence-electron chi connectivity index (χ0n) is 13.4. The number of hydrogen-bond donors (Lipinski definition) is 1. The van der Waals surface area contributed by atoms with Crippen LogP contribution in [0.3, 0.4) is 0 Å². The Morgan fingerprint density at radius 2 is 1.83 bits per heavy atom. The largest absolute Gasteiger partial charge is 0.346 e. The van der Waals surface area contributed by atoms with Crippen LogP contribution in [0.4, 0.5) is 0 Å². The molecule has 0 fully saturated rings. The van der Waals surface area contributed by atoms with E-state index in [4.69, 9.17) is 0 Å². The van der Waals surface area contributed by atoms with Crippen molar-refractivity contribution in [3.63, 3.8) is 0 Å². The SMILES string of the molecule is Cc1cccc(-c2ccc(CSc3ncnc4[nH]ccc34)cc2)c1. The molecule has 0 aliphatic rings. The molecule has 4 aromatic rings. The quantitative estimate of drug-likeness (QED) is 0.411. The molecule has 0 saturated heterocycles. The summed E-state index contributed by atoms with van der Waals surface area (Å²) in [6.45, 7) is 2.12. The topological polar surface area (TPSA) is 41.6 Å². The predicted molar refractivity (Wildman–Crippen MR) is 100 cm³/mol. The van der Waals surface area contributed by atoms with Gasteiger partial charge in [0.2, 0.25) is 0 Å². The highest BCUT2D eigenvalue weighted by Crippen LogP contribution is 2.28. The molecule has 0 unspecified atom stereocenters. The Labute approximate surface area is 145 Å². The molecule has 118 valence electrons. The molecule has 24 heavy (non-hydrogen) atoms. The summed E-state index contributed by atoms with van der Waals surface area (Å²) in [7, 11) is 0. The van der Waals surface area contributed by atoms with Gasteiger partial charge in [0.25, 0.3) is 0 Å². The average Bonchev–Trinajstić information content (AvgIpc) is 3.10. The summed E-state index contributed by atoms with van der Waals surface area (Å²) in [5.74, 6) is 0.894. The van der Waals surface area contributed by atoms with E-state index in [1.165, 1.54) is 22.3 Å². The van der Waals surface area contributed by atoms with Crippen molar-refractivity contribution in [2.24, 2.45) is 0 Å². The first-order valence-corrected chi connectivity index (χ1v) is 8.85. The molecular formula is C20H17N3S. The van der Waals surface area contributed by atoms with E-state index in [0.717, 1.165) is 21.8 Å². The summed E-state index contributed by atoms with van der Waals surface area (Å²) < 4.78 is 0. The maximum Gasteiger partial charge on any atom is 0.141 e. The molecule has 0 aliphatic carbocycles. The highest BCUT2D eigenvalue weighted by Gasteiger charge is 2.06. The van der Waals surface area contributed by atoms with Gasteiger partial charge in [-0.15, -0.1) is 11.8 Å². The van der Waals surface area contributed by atoms with E-state index in [1.54, 1.807) is 18.1 Å². The van der Waals surface area contributed by atoms with E-state index in [0.29, 0.717) is 0 Å². The summed E-state index contributed by atoms with van der Waals surface area (Å²) in [5, 5.41) is 2.10. The molecule has 0 spiro atoms. The number of nitrogens with one attached hydrogen (secondary N) is 1. The Morgan fingerprint density at radius 1 is 0.958 bits per heavy atom. The highest BCUT2D eigenvalue weighted by molar-refractivity contribution is 7.98. The maximum atomic E-state index is 4.40. The van der Waals surface area contributed by atoms with Crippen molar-refractivity contribution in [2.75, 3.05) is 0 Å². The monoisotopic (exact) mass is 331 g/mol. The summed E-state index contributed by atoms with van der Waals surface area (Å²) in [6, 6.07) is 19.4. The second-order valence-corrected chi connectivity index (χ2v) is 6.74. The number of rotatable bonds is 4. The molecule has 0 bridgehead atoms. The predicted octanol–water partition coefficient (Wildman–Crippen LogP) is 5.23. The van der Waals surface area contributed by atoms with Crippen LogP contribution in [-0.4, -0.2) is 15.0 Å². The Kier molecular flexibility index (Phi) is 4.05. The van der Waals surface area contributed by atoms with Gasteiger partial charge in [-0.05, 0) is 29.7 Å². The normalized spacial score (nSPS) is 11.0. The summed E-state index contributed by atoms with van der Waals surface area (Å²) in [5.41, 5.74) is 5.98. The van der Waals surface area contributed by atoms with E-state index in [1.807, 2.05) is 12.3 Å². The maximum absolute atomic E-state index is 4.40. The van der Waals surface area contributed by atoms with Crippen LogP contribution in [0.2, 0.25) is 0 Å². The van der Waals surface area contributed by atoms with Crippen molar-refractivity contribution < 1.29 is 0 Å². The second kappa shape index (κ2) is 6.49. The standard InChI is InChI=1S/C20H17N3S/c1-14-3-2-4-17(11-14)16-7-5-15(6-8-16)12-24-20-18-9-10-21-19(18)22-13-23-20/h2-11,13H,12H2,1H3,(H,21,22,23). The first-order chi connectivity index (χ1) is 11.8. The van der Waals surface area contributed by atoms with Crippen molar-refractivity contribution in [1.82, 2.24) is 15.0 Å². The van der Waals surface area contributed by atoms with Gasteiger partial charge in [0.1, 0.15) is 17.0 Å². The van der Waals surface area contributed by atoms with Crippen molar-refractivity contribution in [1.29, 1.82) is 0 Å². The third kappa shape index (κ3) is 3.05. The molecule has 2 aromatic carbocycles. The van der Waals surface area contributed by atoms with Gasteiger partial charge < -0.3 is 4.98 Å². The van der Waals surface area contributed by atoms with E-state index in [2.05, 4.69) is 70.4 Å². The minimum absolute atomic E-state index is 0.891. The van der Waals surface area contributed by atoms with Gasteiger partial charge in [-0.2, -0.15) is 0 Å². The molecule has 4 rings (SSSR count). The number of aryl methyl sites for hydroxylation is 1. The summed E-state index contributed by atoms with van der Waals surface area (Å²) in [4.78, 5) is 11.8. The Bertz CT molecular complexity index is 974. The zero-order valence-corrected chi connectivity index (χ0v) is 14.2. The van der Waals surface area contributed by atoms with Crippen LogP contribution >= 0.6 is 11.8 Å². The van der Waals surface area contributed by atoms with Crippen LogP contribution in [0.5, 0.6) is 0 Å². The van der Waals surface area contributed by atoms with Crippen molar-refractivity contribution in [3.05, 3.63) is 78.2 Å². The minimum atomic E-state index is 0.891. The summed E-state index contributed by atoms with van der Waals surface area (Å²) >= 11 is 1.74. The number of nitrogens with zero attached hydrogens (tertiary/aromatic N) is 2. The van der Waals surface area contributed by atoms with Crippen molar-refractivity contribution in [3.8, 4) is 11.1 Å². The molecule has 2 heterocycles. The fraction of sp³-hybridized carbons (Fsp3) is 0.100. The molecule has 0 saturated carbocycles. The average molecular weight is 331 g/mol. The van der Waals surface area contributed by atoms with Crippen LogP contribution in [0.25, 0.3) is 22.2 Å². The van der Waals surface area contributed by atoms with Crippen LogP contribution < -0.4 is 0 Å². The lowest BCUT2D eigenvalue weighted by molar-refractivity contribution is 1.09. The van der Waals surface area contributed by atoms with E-state index in [-0.39, 0.29) is 0 Å². The fourth-order valence-corrected chi connectivity index (χ4v) is 3.67. The van der Waals surface area contributed by atoms with Gasteiger partial charge in [-0.25, -0.2) is 9.97 Å². The highest BCUT2D eigenvalue weighted by atomic mass is 32.2. The fourth-order valence-electron chi connectivity index (χ4n) is 2.73. The van der Waals surface area contributed by atoms with Gasteiger partial charge in [0.05, 0.1) is 5.39 Å². The third-order valence-corrected chi connectivity index (χ3v) is 5.07. The molecule has 4 heteroatoms. The lowest BCUT2D eigenvalue weighted by Crippen LogP contribution is -1.87. The molecule has 0 aliphatic heterocycles. The first-order valence-electron chi connectivity index (χ1n) is 7.86. The molecular weight excluding hydrogens is 314 g/mol. The summed E-state index contributed by atoms with van der Waals surface area (Å²) in [6.07, 6.45) is 3.52. The van der Waals surface area contributed by atoms with Crippen LogP contribution in [-0.2, 0) is 5.75 Å². The molecule has 1 N–H and O–H groups in total. The molecule has 0 atom stereocenters. The number of aromatic amines is 1. The zero-order chi connectivity index (χ0) is 16.4. The number of H-pyrrole nitrogens is 1. The van der Waals surface area contributed by atoms with Crippen molar-refractivity contribution >= 4 is 22.8 Å². The Balaban J connectivity index is 1.51. The van der Waals surface area contributed by atoms with Crippen molar-refractivity contribution in [2.45, 2.75) is 17.7 Å². The third-order valence-electron chi connectivity index (χ3n) is 4.00. The van der Waals surface area contributed by atoms with Gasteiger partial charge in [0.15, 0.2) is 0 Å². The Hall–Kier alpha value is -2.59. The van der Waals surface area contributed by atoms with Crippen LogP contribution in [0, 0.1) is 6.92 Å². The number of fused-ring (bicyclic) bond motifs is 1. The van der Waals surface area contributed by atoms with Gasteiger partial charge >= 0.3 is 0 Å². The molecule has 2 aromatic heterocycles. The van der Waals surface area contributed by atoms with E-state index in [9.17, 15) is 0 Å². The van der Waals surface area contributed by atoms with E-state index >= 15 is 0 Å². The van der Waals surface area contributed by atoms with Gasteiger partial charge in [-0.3, -0.25) is 0 Å². The molecule has 0 radical (unpaired) electrons. The van der Waals surface area contributed by atoms with Crippen LogP contribution in [0.1, 0.15) is 11.1 Å². The number of hydrogen-bond acceptors (Lipinski definition) is 3. The minimum Gasteiger partial charge on any atom is -0.346 e. The number of aromatic nitrogens is 3. The smallest absolute Gasteiger partial charge is 0.141 e. The lowest BCUT2D eigenvalue weighted by Gasteiger charge is -2.06. The van der Waals surface area contributed by atoms with E-state index < -0.39 is 0 Å². The Morgan fingerprint density at radius 3 is 2.67 bits per heavy atom. The first kappa shape index (κ1) is 15.0.